The molecule has 1 amide bonds. The van der Waals surface area contributed by atoms with Crippen LogP contribution in [0.4, 0.5) is 0 Å². The molecule has 0 radical (unpaired) electrons. The quantitative estimate of drug-likeness (QED) is 0.705. The van der Waals surface area contributed by atoms with E-state index in [1.165, 1.54) is 0 Å². The van der Waals surface area contributed by atoms with E-state index in [0.29, 0.717) is 5.04 Å². The summed E-state index contributed by atoms with van der Waals surface area (Å²) in [6, 6.07) is 7.03. The zero-order valence-corrected chi connectivity index (χ0v) is 8.71. The summed E-state index contributed by atoms with van der Waals surface area (Å²) in [5.74, 6) is 0.0332. The van der Waals surface area contributed by atoms with E-state index in [4.69, 9.17) is 4.74 Å². The smallest absolute Gasteiger partial charge is 0.325 e. The Morgan fingerprint density at radius 1 is 1.20 bits per heavy atom. The zero-order chi connectivity index (χ0) is 10.8. The number of carbonyl (C=O) groups is 2. The lowest BCUT2D eigenvalue weighted by Crippen LogP contribution is -1.98. The monoisotopic (exact) mass is 221 g/mol. The van der Waals surface area contributed by atoms with E-state index in [1.54, 1.807) is 31.4 Å². The first-order valence-corrected chi connectivity index (χ1v) is 5.01. The lowest BCUT2D eigenvalue weighted by molar-refractivity contribution is -0.130. The second kappa shape index (κ2) is 3.86. The Hall–Kier alpha value is -1.62. The third-order valence-corrected chi connectivity index (χ3v) is 2.78. The molecule has 0 aromatic heterocycles. The van der Waals surface area contributed by atoms with Crippen molar-refractivity contribution in [3.63, 3.8) is 0 Å². The molecule has 0 fully saturated rings. The van der Waals surface area contributed by atoms with Gasteiger partial charge in [0, 0.05) is 5.56 Å². The van der Waals surface area contributed by atoms with Gasteiger partial charge in [-0.3, -0.25) is 9.59 Å². The van der Waals surface area contributed by atoms with Gasteiger partial charge in [-0.25, -0.2) is 0 Å². The van der Waals surface area contributed by atoms with Crippen molar-refractivity contribution in [2.45, 2.75) is 0 Å². The predicted octanol–water partition coefficient (Wildman–Crippen LogP) is 1.24. The minimum atomic E-state index is -0.689. The molecule has 5 heteroatoms. The van der Waals surface area contributed by atoms with Crippen LogP contribution in [0.25, 0.3) is 0 Å². The van der Waals surface area contributed by atoms with E-state index >= 15 is 0 Å². The molecule has 0 N–H and O–H groups in total. The van der Waals surface area contributed by atoms with E-state index in [2.05, 4.69) is 4.99 Å². The van der Waals surface area contributed by atoms with E-state index in [0.717, 1.165) is 23.1 Å². The van der Waals surface area contributed by atoms with Gasteiger partial charge in [-0.05, 0) is 36.0 Å². The fourth-order valence-corrected chi connectivity index (χ4v) is 1.84. The van der Waals surface area contributed by atoms with E-state index in [-0.39, 0.29) is 0 Å². The van der Waals surface area contributed by atoms with Crippen LogP contribution in [0.1, 0.15) is 5.56 Å². The van der Waals surface area contributed by atoms with E-state index in [1.807, 2.05) is 0 Å². The van der Waals surface area contributed by atoms with E-state index in [9.17, 15) is 9.59 Å². The number of hydrogen-bond donors (Lipinski definition) is 0. The molecule has 4 nitrogen and oxygen atoms in total. The Kier molecular flexibility index (Phi) is 2.55. The summed E-state index contributed by atoms with van der Waals surface area (Å²) < 4.78 is 4.99. The number of nitrogens with zero attached hydrogens (tertiary/aromatic N) is 1. The Bertz CT molecular complexity index is 450. The van der Waals surface area contributed by atoms with Crippen molar-refractivity contribution in [1.29, 1.82) is 0 Å². The van der Waals surface area contributed by atoms with Crippen LogP contribution in [0, 0.1) is 0 Å². The molecule has 0 aliphatic carbocycles. The van der Waals surface area contributed by atoms with Gasteiger partial charge in [-0.1, -0.05) is 0 Å². The Labute approximate surface area is 90.3 Å². The Balaban J connectivity index is 2.28. The first kappa shape index (κ1) is 9.92. The summed E-state index contributed by atoms with van der Waals surface area (Å²) in [6.07, 6.45) is 0. The van der Waals surface area contributed by atoms with Crippen molar-refractivity contribution in [1.82, 2.24) is 0 Å². The van der Waals surface area contributed by atoms with Gasteiger partial charge in [-0.15, -0.1) is 0 Å². The maximum absolute atomic E-state index is 11.0. The number of hydrogen-bond acceptors (Lipinski definition) is 4. The molecule has 0 unspecified atom stereocenters. The Morgan fingerprint density at radius 3 is 2.33 bits per heavy atom. The second-order valence-corrected chi connectivity index (χ2v) is 3.80. The molecule has 1 aromatic carbocycles. The lowest BCUT2D eigenvalue weighted by atomic mass is 10.2. The lowest BCUT2D eigenvalue weighted by Gasteiger charge is -2.00. The highest BCUT2D eigenvalue weighted by molar-refractivity contribution is 8.28. The summed E-state index contributed by atoms with van der Waals surface area (Å²) in [5, 5.41) is -0.0755. The molecular formula is C10H7NO3S. The topological polar surface area (TPSA) is 55.7 Å². The van der Waals surface area contributed by atoms with Crippen LogP contribution >= 0.6 is 11.8 Å². The standard InChI is InChI=1S/C10H7NO3S/c1-14-7-4-2-6(3-5-7)9-11-8(12)10(13)15-9/h2-5H,1H3. The van der Waals surface area contributed by atoms with Crippen molar-refractivity contribution in [2.24, 2.45) is 4.99 Å². The van der Waals surface area contributed by atoms with Gasteiger partial charge >= 0.3 is 5.91 Å². The van der Waals surface area contributed by atoms with Crippen molar-refractivity contribution in [3.05, 3.63) is 29.8 Å². The SMILES string of the molecule is COc1ccc(C2=NC(=O)C(=O)S2)cc1. The average Bonchev–Trinajstić information content (AvgIpc) is 2.59. The average molecular weight is 221 g/mol. The molecule has 1 aliphatic rings. The van der Waals surface area contributed by atoms with Crippen LogP contribution in [0.2, 0.25) is 0 Å². The number of benzene rings is 1. The van der Waals surface area contributed by atoms with Crippen molar-refractivity contribution in [2.75, 3.05) is 7.11 Å². The molecule has 1 aliphatic heterocycles. The maximum Gasteiger partial charge on any atom is 0.325 e. The predicted molar refractivity (Wildman–Crippen MR) is 57.1 cm³/mol. The summed E-state index contributed by atoms with van der Waals surface area (Å²) >= 11 is 0.861. The molecule has 1 aromatic rings. The van der Waals surface area contributed by atoms with Crippen molar-refractivity contribution >= 4 is 27.8 Å². The fourth-order valence-electron chi connectivity index (χ4n) is 1.15. The van der Waals surface area contributed by atoms with Crippen LogP contribution in [0.3, 0.4) is 0 Å². The molecule has 1 heterocycles. The van der Waals surface area contributed by atoms with Crippen LogP contribution in [0.5, 0.6) is 5.75 Å². The van der Waals surface area contributed by atoms with E-state index < -0.39 is 11.0 Å². The van der Waals surface area contributed by atoms with Crippen LogP contribution in [0.15, 0.2) is 29.3 Å². The number of ether oxygens (including phenoxy) is 1. The molecule has 0 bridgehead atoms. The summed E-state index contributed by atoms with van der Waals surface area (Å²) in [5.41, 5.74) is 0.750. The minimum Gasteiger partial charge on any atom is -0.497 e. The minimum absolute atomic E-state index is 0.452. The largest absolute Gasteiger partial charge is 0.497 e. The molecule has 0 atom stereocenters. The highest BCUT2D eigenvalue weighted by atomic mass is 32.2. The van der Waals surface area contributed by atoms with Gasteiger partial charge in [-0.2, -0.15) is 4.99 Å². The van der Waals surface area contributed by atoms with Crippen molar-refractivity contribution < 1.29 is 14.3 Å². The number of amides is 1. The second-order valence-electron chi connectivity index (χ2n) is 2.84. The number of rotatable bonds is 2. The van der Waals surface area contributed by atoms with Crippen LogP contribution in [-0.2, 0) is 9.59 Å². The maximum atomic E-state index is 11.0. The van der Waals surface area contributed by atoms with Gasteiger partial charge in [0.05, 0.1) is 7.11 Å². The number of methoxy groups -OCH3 is 1. The first-order valence-electron chi connectivity index (χ1n) is 4.20. The first-order chi connectivity index (χ1) is 7.20. The van der Waals surface area contributed by atoms with Gasteiger partial charge < -0.3 is 4.74 Å². The summed E-state index contributed by atoms with van der Waals surface area (Å²) in [7, 11) is 1.57. The number of thioether (sulfide) groups is 1. The number of aliphatic imine (C=N–C) groups is 1. The molecule has 0 saturated carbocycles. The van der Waals surface area contributed by atoms with Gasteiger partial charge in [0.1, 0.15) is 10.8 Å². The van der Waals surface area contributed by atoms with Crippen LogP contribution < -0.4 is 4.74 Å². The third-order valence-electron chi connectivity index (χ3n) is 1.90. The normalized spacial score (nSPS) is 15.4. The summed E-state index contributed by atoms with van der Waals surface area (Å²) in [6.45, 7) is 0. The molecular weight excluding hydrogens is 214 g/mol. The van der Waals surface area contributed by atoms with Gasteiger partial charge in [0.2, 0.25) is 0 Å². The molecule has 2 rings (SSSR count). The molecule has 15 heavy (non-hydrogen) atoms. The summed E-state index contributed by atoms with van der Waals surface area (Å²) in [4.78, 5) is 25.5. The van der Waals surface area contributed by atoms with Crippen LogP contribution in [-0.4, -0.2) is 23.2 Å². The Morgan fingerprint density at radius 2 is 1.87 bits per heavy atom. The van der Waals surface area contributed by atoms with Crippen molar-refractivity contribution in [3.8, 4) is 5.75 Å². The molecule has 76 valence electrons. The number of carbonyl (C=O) groups excluding carboxylic acids is 2. The van der Waals surface area contributed by atoms with Gasteiger partial charge in [0.15, 0.2) is 0 Å². The third kappa shape index (κ3) is 1.92. The highest BCUT2D eigenvalue weighted by Crippen LogP contribution is 2.22. The zero-order valence-electron chi connectivity index (χ0n) is 7.89. The fraction of sp³-hybridized carbons (Fsp3) is 0.100. The van der Waals surface area contributed by atoms with Gasteiger partial charge in [0.25, 0.3) is 5.12 Å². The molecule has 0 spiro atoms. The highest BCUT2D eigenvalue weighted by Gasteiger charge is 2.26. The molecule has 0 saturated heterocycles.